The van der Waals surface area contributed by atoms with E-state index >= 15 is 0 Å². The van der Waals surface area contributed by atoms with Crippen LogP contribution in [0.5, 0.6) is 0 Å². The Kier molecular flexibility index (Phi) is 4.90. The Morgan fingerprint density at radius 3 is 1.88 bits per heavy atom. The Balaban J connectivity index is 1.94. The van der Waals surface area contributed by atoms with E-state index < -0.39 is 4.92 Å². The van der Waals surface area contributed by atoms with Gasteiger partial charge < -0.3 is 10.6 Å². The molecule has 8 heteroatoms. The van der Waals surface area contributed by atoms with Crippen LogP contribution in [0.2, 0.25) is 0 Å². The summed E-state index contributed by atoms with van der Waals surface area (Å²) in [5.41, 5.74) is 2.28. The lowest BCUT2D eigenvalue weighted by molar-refractivity contribution is -0.383. The summed E-state index contributed by atoms with van der Waals surface area (Å²) in [5.74, 6) is 0.250. The first-order chi connectivity index (χ1) is 12.0. The summed E-state index contributed by atoms with van der Waals surface area (Å²) in [6, 6.07) is 14.8. The van der Waals surface area contributed by atoms with Crippen LogP contribution in [0.3, 0.4) is 0 Å². The van der Waals surface area contributed by atoms with E-state index in [0.29, 0.717) is 11.4 Å². The quantitative estimate of drug-likeness (QED) is 0.465. The number of aryl methyl sites for hydroxylation is 1. The van der Waals surface area contributed by atoms with E-state index in [1.54, 1.807) is 12.1 Å². The van der Waals surface area contributed by atoms with Crippen LogP contribution in [0, 0.1) is 17.0 Å². The molecular weight excluding hydrogens is 386 g/mol. The van der Waals surface area contributed by atoms with Gasteiger partial charge in [0.1, 0.15) is 6.33 Å². The molecule has 2 aromatic carbocycles. The zero-order chi connectivity index (χ0) is 17.8. The topological polar surface area (TPSA) is 93.0 Å². The molecular formula is C17H14BrN5O2. The van der Waals surface area contributed by atoms with Crippen LogP contribution in [-0.2, 0) is 0 Å². The molecule has 0 aliphatic rings. The number of nitro groups is 1. The van der Waals surface area contributed by atoms with E-state index in [0.717, 1.165) is 10.0 Å². The van der Waals surface area contributed by atoms with Gasteiger partial charge in [-0.2, -0.15) is 0 Å². The summed E-state index contributed by atoms with van der Waals surface area (Å²) in [7, 11) is 0. The van der Waals surface area contributed by atoms with E-state index in [9.17, 15) is 10.1 Å². The maximum atomic E-state index is 11.6. The third-order valence-corrected chi connectivity index (χ3v) is 3.95. The number of benzene rings is 2. The van der Waals surface area contributed by atoms with Gasteiger partial charge in [0.05, 0.1) is 4.92 Å². The van der Waals surface area contributed by atoms with Gasteiger partial charge in [-0.15, -0.1) is 0 Å². The number of anilines is 4. The predicted molar refractivity (Wildman–Crippen MR) is 101 cm³/mol. The molecule has 0 spiro atoms. The Hall–Kier alpha value is -3.00. The summed E-state index contributed by atoms with van der Waals surface area (Å²) < 4.78 is 0.914. The van der Waals surface area contributed by atoms with Crippen molar-refractivity contribution in [3.8, 4) is 0 Å². The van der Waals surface area contributed by atoms with E-state index in [2.05, 4.69) is 36.5 Å². The minimum absolute atomic E-state index is 0.122. The van der Waals surface area contributed by atoms with E-state index in [1.165, 1.54) is 6.33 Å². The molecule has 0 aliphatic heterocycles. The third-order valence-electron chi connectivity index (χ3n) is 3.43. The summed E-state index contributed by atoms with van der Waals surface area (Å²) in [6.45, 7) is 1.97. The van der Waals surface area contributed by atoms with Gasteiger partial charge in [0.15, 0.2) is 0 Å². The van der Waals surface area contributed by atoms with E-state index in [4.69, 9.17) is 0 Å². The Morgan fingerprint density at radius 2 is 1.40 bits per heavy atom. The van der Waals surface area contributed by atoms with Crippen molar-refractivity contribution in [3.63, 3.8) is 0 Å². The van der Waals surface area contributed by atoms with Gasteiger partial charge in [-0.25, -0.2) is 9.97 Å². The maximum Gasteiger partial charge on any atom is 0.353 e. The number of nitrogens with zero attached hydrogens (tertiary/aromatic N) is 3. The molecule has 2 N–H and O–H groups in total. The fourth-order valence-electron chi connectivity index (χ4n) is 2.18. The van der Waals surface area contributed by atoms with Gasteiger partial charge in [0.2, 0.25) is 11.6 Å². The zero-order valence-electron chi connectivity index (χ0n) is 13.2. The molecule has 0 atom stereocenters. The van der Waals surface area contributed by atoms with Gasteiger partial charge in [0.25, 0.3) is 0 Å². The molecule has 0 saturated carbocycles. The number of aromatic nitrogens is 2. The molecule has 0 saturated heterocycles. The van der Waals surface area contributed by atoms with Crippen molar-refractivity contribution in [2.24, 2.45) is 0 Å². The fourth-order valence-corrected chi connectivity index (χ4v) is 2.44. The highest BCUT2D eigenvalue weighted by Crippen LogP contribution is 2.33. The molecule has 0 amide bonds. The van der Waals surface area contributed by atoms with Crippen LogP contribution in [0.15, 0.2) is 59.3 Å². The summed E-state index contributed by atoms with van der Waals surface area (Å²) in [6.07, 6.45) is 1.28. The van der Waals surface area contributed by atoms with Crippen molar-refractivity contribution < 1.29 is 4.92 Å². The monoisotopic (exact) mass is 399 g/mol. The van der Waals surface area contributed by atoms with Crippen molar-refractivity contribution in [2.45, 2.75) is 6.92 Å². The first kappa shape index (κ1) is 16.8. The molecule has 0 aliphatic carbocycles. The van der Waals surface area contributed by atoms with E-state index in [1.807, 2.05) is 43.3 Å². The first-order valence-corrected chi connectivity index (χ1v) is 8.18. The Morgan fingerprint density at radius 1 is 0.920 bits per heavy atom. The molecule has 1 heterocycles. The summed E-state index contributed by atoms with van der Waals surface area (Å²) in [4.78, 5) is 19.1. The lowest BCUT2D eigenvalue weighted by Crippen LogP contribution is -2.05. The average Bonchev–Trinajstić information content (AvgIpc) is 2.59. The summed E-state index contributed by atoms with van der Waals surface area (Å²) in [5, 5.41) is 17.5. The number of nitrogens with one attached hydrogen (secondary N) is 2. The van der Waals surface area contributed by atoms with Crippen molar-refractivity contribution in [1.29, 1.82) is 0 Å². The largest absolute Gasteiger partial charge is 0.353 e. The lowest BCUT2D eigenvalue weighted by Gasteiger charge is -2.10. The summed E-state index contributed by atoms with van der Waals surface area (Å²) >= 11 is 3.35. The molecule has 1 aromatic heterocycles. The predicted octanol–water partition coefficient (Wildman–Crippen LogP) is 4.94. The third kappa shape index (κ3) is 4.10. The average molecular weight is 400 g/mol. The van der Waals surface area contributed by atoms with Crippen molar-refractivity contribution in [3.05, 3.63) is 75.0 Å². The highest BCUT2D eigenvalue weighted by atomic mass is 79.9. The number of hydrogen-bond donors (Lipinski definition) is 2. The second-order valence-corrected chi connectivity index (χ2v) is 6.22. The van der Waals surface area contributed by atoms with Gasteiger partial charge in [-0.1, -0.05) is 33.6 Å². The van der Waals surface area contributed by atoms with Crippen LogP contribution < -0.4 is 10.6 Å². The molecule has 0 bridgehead atoms. The van der Waals surface area contributed by atoms with Gasteiger partial charge in [0, 0.05) is 15.8 Å². The smallest absolute Gasteiger partial charge is 0.334 e. The number of halogens is 1. The fraction of sp³-hybridized carbons (Fsp3) is 0.0588. The van der Waals surface area contributed by atoms with E-state index in [-0.39, 0.29) is 17.3 Å². The molecule has 0 fully saturated rings. The standard InChI is InChI=1S/C17H14BrN5O2/c1-11-2-6-13(7-3-11)21-16-15(23(24)25)17(20-10-19-16)22-14-8-4-12(18)5-9-14/h2-10H,1H3,(H2,19,20,21,22). The second kappa shape index (κ2) is 7.27. The van der Waals surface area contributed by atoms with Crippen LogP contribution in [0.4, 0.5) is 28.7 Å². The van der Waals surface area contributed by atoms with Crippen molar-refractivity contribution in [2.75, 3.05) is 10.6 Å². The van der Waals surface area contributed by atoms with Gasteiger partial charge in [-0.05, 0) is 43.3 Å². The molecule has 0 radical (unpaired) electrons. The SMILES string of the molecule is Cc1ccc(Nc2ncnc(Nc3ccc(Br)cc3)c2[N+](=O)[O-])cc1. The Labute approximate surface area is 152 Å². The minimum Gasteiger partial charge on any atom is -0.334 e. The Bertz CT molecular complexity index is 832. The molecule has 7 nitrogen and oxygen atoms in total. The van der Waals surface area contributed by atoms with Crippen LogP contribution >= 0.6 is 15.9 Å². The van der Waals surface area contributed by atoms with Crippen LogP contribution in [0.25, 0.3) is 0 Å². The zero-order valence-corrected chi connectivity index (χ0v) is 14.8. The second-order valence-electron chi connectivity index (χ2n) is 5.30. The van der Waals surface area contributed by atoms with Crippen molar-refractivity contribution in [1.82, 2.24) is 9.97 Å². The number of rotatable bonds is 5. The lowest BCUT2D eigenvalue weighted by atomic mass is 10.2. The van der Waals surface area contributed by atoms with Gasteiger partial charge in [-0.3, -0.25) is 10.1 Å². The maximum absolute atomic E-state index is 11.6. The van der Waals surface area contributed by atoms with Crippen LogP contribution in [-0.4, -0.2) is 14.9 Å². The highest BCUT2D eigenvalue weighted by Gasteiger charge is 2.23. The molecule has 0 unspecified atom stereocenters. The highest BCUT2D eigenvalue weighted by molar-refractivity contribution is 9.10. The molecule has 126 valence electrons. The normalized spacial score (nSPS) is 10.3. The minimum atomic E-state index is -0.502. The molecule has 3 aromatic rings. The van der Waals surface area contributed by atoms with Crippen molar-refractivity contribution >= 4 is 44.6 Å². The van der Waals surface area contributed by atoms with Gasteiger partial charge >= 0.3 is 5.69 Å². The molecule has 3 rings (SSSR count). The first-order valence-electron chi connectivity index (χ1n) is 7.38. The number of hydrogen-bond acceptors (Lipinski definition) is 6. The van der Waals surface area contributed by atoms with Crippen LogP contribution in [0.1, 0.15) is 5.56 Å². The molecule has 25 heavy (non-hydrogen) atoms.